The summed E-state index contributed by atoms with van der Waals surface area (Å²) >= 11 is 0. The summed E-state index contributed by atoms with van der Waals surface area (Å²) in [5, 5.41) is 0. The van der Waals surface area contributed by atoms with Gasteiger partial charge in [-0.25, -0.2) is 0 Å². The van der Waals surface area contributed by atoms with E-state index in [9.17, 15) is 0 Å². The van der Waals surface area contributed by atoms with Crippen molar-refractivity contribution in [2.24, 2.45) is 0 Å². The van der Waals surface area contributed by atoms with Crippen LogP contribution < -0.4 is 0 Å². The van der Waals surface area contributed by atoms with Crippen molar-refractivity contribution in [3.8, 4) is 0 Å². The van der Waals surface area contributed by atoms with Crippen LogP contribution in [-0.4, -0.2) is 18.9 Å². The molecule has 0 amide bonds. The molecule has 90 valence electrons. The van der Waals surface area contributed by atoms with Gasteiger partial charge in [-0.1, -0.05) is 33.1 Å². The molecule has 1 saturated carbocycles. The van der Waals surface area contributed by atoms with Crippen molar-refractivity contribution in [2.75, 3.05) is 13.2 Å². The van der Waals surface area contributed by atoms with Gasteiger partial charge in [0, 0.05) is 5.66 Å². The Hall–Kier alpha value is 0.350. The summed E-state index contributed by atoms with van der Waals surface area (Å²) in [5.41, 5.74) is 0.715. The van der Waals surface area contributed by atoms with Gasteiger partial charge in [0.1, 0.15) is 0 Å². The van der Waals surface area contributed by atoms with Gasteiger partial charge in [0.15, 0.2) is 8.38 Å². The zero-order valence-corrected chi connectivity index (χ0v) is 11.1. The van der Waals surface area contributed by atoms with Crippen molar-refractivity contribution in [3.63, 3.8) is 0 Å². The highest BCUT2D eigenvalue weighted by Crippen LogP contribution is 2.49. The molecular weight excluding hydrogens is 207 g/mol. The molecule has 0 atom stereocenters. The molecule has 1 aliphatic rings. The predicted molar refractivity (Wildman–Crippen MR) is 66.3 cm³/mol. The largest absolute Gasteiger partial charge is 0.334 e. The standard InChI is InChI=1S/C12H25O2P/c1-3-10-13-15(14-11-4-2)12-8-6-5-7-9-12/h12H,3-11H2,1-2H3. The third-order valence-electron chi connectivity index (χ3n) is 2.72. The van der Waals surface area contributed by atoms with Crippen LogP contribution in [0.3, 0.4) is 0 Å². The second-order valence-corrected chi connectivity index (χ2v) is 6.06. The van der Waals surface area contributed by atoms with E-state index in [1.54, 1.807) is 0 Å². The normalized spacial score (nSPS) is 18.6. The molecule has 0 aromatic carbocycles. The zero-order chi connectivity index (χ0) is 10.9. The summed E-state index contributed by atoms with van der Waals surface area (Å²) in [4.78, 5) is 0. The zero-order valence-electron chi connectivity index (χ0n) is 10.2. The highest BCUT2D eigenvalue weighted by molar-refractivity contribution is 7.48. The average Bonchev–Trinajstić information content (AvgIpc) is 2.30. The van der Waals surface area contributed by atoms with Crippen molar-refractivity contribution in [3.05, 3.63) is 0 Å². The molecule has 0 spiro atoms. The molecule has 1 fully saturated rings. The third-order valence-corrected chi connectivity index (χ3v) is 4.70. The molecule has 1 rings (SSSR count). The predicted octanol–water partition coefficient (Wildman–Crippen LogP) is 4.48. The van der Waals surface area contributed by atoms with Crippen LogP contribution in [0.2, 0.25) is 0 Å². The van der Waals surface area contributed by atoms with Crippen LogP contribution in [0, 0.1) is 0 Å². The second kappa shape index (κ2) is 8.50. The summed E-state index contributed by atoms with van der Waals surface area (Å²) in [6, 6.07) is 0. The van der Waals surface area contributed by atoms with Crippen molar-refractivity contribution < 1.29 is 9.05 Å². The van der Waals surface area contributed by atoms with Crippen LogP contribution in [0.25, 0.3) is 0 Å². The first kappa shape index (κ1) is 13.4. The van der Waals surface area contributed by atoms with Crippen molar-refractivity contribution in [1.29, 1.82) is 0 Å². The lowest BCUT2D eigenvalue weighted by Crippen LogP contribution is -2.14. The molecule has 0 saturated heterocycles. The molecule has 0 bridgehead atoms. The number of rotatable bonds is 7. The van der Waals surface area contributed by atoms with Crippen LogP contribution in [0.1, 0.15) is 58.8 Å². The van der Waals surface area contributed by atoms with E-state index in [4.69, 9.17) is 9.05 Å². The Balaban J connectivity index is 2.30. The van der Waals surface area contributed by atoms with E-state index in [1.165, 1.54) is 32.1 Å². The maximum Gasteiger partial charge on any atom is 0.173 e. The Morgan fingerprint density at radius 3 is 1.93 bits per heavy atom. The Kier molecular flexibility index (Phi) is 7.60. The van der Waals surface area contributed by atoms with Crippen LogP contribution >= 0.6 is 8.38 Å². The van der Waals surface area contributed by atoms with Gasteiger partial charge in [0.25, 0.3) is 0 Å². The van der Waals surface area contributed by atoms with E-state index >= 15 is 0 Å². The summed E-state index contributed by atoms with van der Waals surface area (Å²) in [6.45, 7) is 6.06. The molecule has 0 aromatic rings. The van der Waals surface area contributed by atoms with Crippen molar-refractivity contribution in [2.45, 2.75) is 64.5 Å². The maximum absolute atomic E-state index is 5.88. The van der Waals surface area contributed by atoms with E-state index in [2.05, 4.69) is 13.8 Å². The SMILES string of the molecule is CCCOP(OCCC)C1CCCCC1. The van der Waals surface area contributed by atoms with E-state index in [0.717, 1.165) is 26.1 Å². The van der Waals surface area contributed by atoms with Crippen LogP contribution in [0.5, 0.6) is 0 Å². The third kappa shape index (κ3) is 5.29. The first-order valence-corrected chi connectivity index (χ1v) is 7.68. The molecule has 0 aromatic heterocycles. The van der Waals surface area contributed by atoms with Crippen LogP contribution in [-0.2, 0) is 9.05 Å². The van der Waals surface area contributed by atoms with Crippen LogP contribution in [0.15, 0.2) is 0 Å². The van der Waals surface area contributed by atoms with Crippen molar-refractivity contribution >= 4 is 8.38 Å². The van der Waals surface area contributed by atoms with E-state index < -0.39 is 8.38 Å². The molecule has 15 heavy (non-hydrogen) atoms. The summed E-state index contributed by atoms with van der Waals surface area (Å²) in [5.74, 6) is 0. The highest BCUT2D eigenvalue weighted by atomic mass is 31.2. The lowest BCUT2D eigenvalue weighted by atomic mass is 10.0. The first-order chi connectivity index (χ1) is 7.38. The second-order valence-electron chi connectivity index (χ2n) is 4.24. The molecule has 3 heteroatoms. The quantitative estimate of drug-likeness (QED) is 0.602. The molecule has 0 radical (unpaired) electrons. The maximum atomic E-state index is 5.88. The van der Waals surface area contributed by atoms with E-state index in [1.807, 2.05) is 0 Å². The molecule has 2 nitrogen and oxygen atoms in total. The molecule has 0 aliphatic heterocycles. The van der Waals surface area contributed by atoms with Gasteiger partial charge in [-0.05, 0) is 25.7 Å². The average molecular weight is 232 g/mol. The fourth-order valence-corrected chi connectivity index (χ4v) is 3.91. The first-order valence-electron chi connectivity index (χ1n) is 6.43. The van der Waals surface area contributed by atoms with Gasteiger partial charge in [-0.2, -0.15) is 0 Å². The van der Waals surface area contributed by atoms with Crippen molar-refractivity contribution in [1.82, 2.24) is 0 Å². The molecule has 0 N–H and O–H groups in total. The minimum absolute atomic E-state index is 0.591. The molecule has 0 heterocycles. The fourth-order valence-electron chi connectivity index (χ4n) is 1.90. The van der Waals surface area contributed by atoms with Crippen LogP contribution in [0.4, 0.5) is 0 Å². The lowest BCUT2D eigenvalue weighted by molar-refractivity contribution is 0.236. The molecule has 0 unspecified atom stereocenters. The van der Waals surface area contributed by atoms with Gasteiger partial charge in [0.2, 0.25) is 0 Å². The van der Waals surface area contributed by atoms with Gasteiger partial charge in [0.05, 0.1) is 13.2 Å². The Bertz CT molecular complexity index is 139. The van der Waals surface area contributed by atoms with Gasteiger partial charge >= 0.3 is 0 Å². The monoisotopic (exact) mass is 232 g/mol. The van der Waals surface area contributed by atoms with E-state index in [-0.39, 0.29) is 0 Å². The molecule has 1 aliphatic carbocycles. The summed E-state index contributed by atoms with van der Waals surface area (Å²) in [6.07, 6.45) is 8.98. The Labute approximate surface area is 95.6 Å². The number of hydrogen-bond acceptors (Lipinski definition) is 2. The minimum atomic E-state index is -0.591. The summed E-state index contributed by atoms with van der Waals surface area (Å²) < 4.78 is 11.8. The summed E-state index contributed by atoms with van der Waals surface area (Å²) in [7, 11) is -0.591. The lowest BCUT2D eigenvalue weighted by Gasteiger charge is -2.28. The van der Waals surface area contributed by atoms with Gasteiger partial charge < -0.3 is 9.05 Å². The smallest absolute Gasteiger partial charge is 0.173 e. The van der Waals surface area contributed by atoms with E-state index in [0.29, 0.717) is 5.66 Å². The number of hydrogen-bond donors (Lipinski definition) is 0. The molecular formula is C12H25O2P. The van der Waals surface area contributed by atoms with Gasteiger partial charge in [-0.3, -0.25) is 0 Å². The minimum Gasteiger partial charge on any atom is -0.334 e. The fraction of sp³-hybridized carbons (Fsp3) is 1.00. The topological polar surface area (TPSA) is 18.5 Å². The Morgan fingerprint density at radius 1 is 0.933 bits per heavy atom. The van der Waals surface area contributed by atoms with Gasteiger partial charge in [-0.15, -0.1) is 0 Å². The Morgan fingerprint density at radius 2 is 1.47 bits per heavy atom. The highest BCUT2D eigenvalue weighted by Gasteiger charge is 2.25.